The Kier molecular flexibility index (Phi) is 11.1. The average Bonchev–Trinajstić information content (AvgIpc) is 3.21. The first-order valence-corrected chi connectivity index (χ1v) is 17.1. The molecule has 1 fully saturated rings. The third-order valence-electron chi connectivity index (χ3n) is 6.11. The molecule has 7 N–H and O–H groups in total. The number of nitrogens with two attached hydrogens (primary N) is 1. The van der Waals surface area contributed by atoms with Crippen molar-refractivity contribution in [1.29, 1.82) is 0 Å². The van der Waals surface area contributed by atoms with E-state index in [0.717, 1.165) is 0 Å². The van der Waals surface area contributed by atoms with E-state index in [-0.39, 0.29) is 30.4 Å². The number of benzene rings is 1. The fraction of sp³-hybridized carbons (Fsp3) is 0.500. The normalized spacial score (nSPS) is 24.7. The van der Waals surface area contributed by atoms with Crippen molar-refractivity contribution < 1.29 is 65.9 Å². The summed E-state index contributed by atoms with van der Waals surface area (Å²) in [5, 5.41) is 22.1. The van der Waals surface area contributed by atoms with Crippen molar-refractivity contribution in [3.05, 3.63) is 64.1 Å². The number of nitro benzene ring substituents is 1. The van der Waals surface area contributed by atoms with Crippen LogP contribution in [0.4, 0.5) is 5.69 Å². The van der Waals surface area contributed by atoms with Crippen LogP contribution in [0.25, 0.3) is 0 Å². The Labute approximate surface area is 251 Å². The van der Waals surface area contributed by atoms with Gasteiger partial charge in [-0.05, 0) is 11.5 Å². The predicted molar refractivity (Wildman–Crippen MR) is 151 cm³/mol. The number of phosphoric acid groups is 3. The zero-order valence-corrected chi connectivity index (χ0v) is 26.3. The number of hydrogen-bond donors (Lipinski definition) is 6. The third-order valence-corrected chi connectivity index (χ3v) is 9.91. The second kappa shape index (κ2) is 13.6. The number of ether oxygens (including phenoxy) is 2. The summed E-state index contributed by atoms with van der Waals surface area (Å²) in [6, 6.07) is 6.19. The molecule has 0 amide bonds. The molecule has 0 bridgehead atoms. The van der Waals surface area contributed by atoms with E-state index in [0.29, 0.717) is 11.1 Å². The summed E-state index contributed by atoms with van der Waals surface area (Å²) in [5.74, 6) is 0.146. The van der Waals surface area contributed by atoms with E-state index in [4.69, 9.17) is 25.0 Å². The number of hydrogen-bond acceptors (Lipinski definition) is 14. The molecule has 246 valence electrons. The Hall–Kier alpha value is -2.34. The van der Waals surface area contributed by atoms with Crippen molar-refractivity contribution in [1.82, 2.24) is 4.90 Å². The quantitative estimate of drug-likeness (QED) is 0.0987. The van der Waals surface area contributed by atoms with Gasteiger partial charge in [0.15, 0.2) is 0 Å². The van der Waals surface area contributed by atoms with Gasteiger partial charge in [0.2, 0.25) is 0 Å². The van der Waals surface area contributed by atoms with E-state index in [1.165, 1.54) is 17.2 Å². The van der Waals surface area contributed by atoms with E-state index >= 15 is 0 Å². The molecule has 2 aliphatic rings. The predicted octanol–water partition coefficient (Wildman–Crippen LogP) is 2.55. The average molecular weight is 686 g/mol. The summed E-state index contributed by atoms with van der Waals surface area (Å²) in [4.78, 5) is 53.0. The maximum atomic E-state index is 12.0. The number of aliphatic hydroxyl groups is 1. The molecular weight excluding hydrogens is 653 g/mol. The maximum absolute atomic E-state index is 12.0. The van der Waals surface area contributed by atoms with E-state index in [1.807, 2.05) is 20.8 Å². The summed E-state index contributed by atoms with van der Waals surface area (Å²) in [5.41, 5.74) is 6.12. The van der Waals surface area contributed by atoms with Crippen LogP contribution in [0.1, 0.15) is 38.9 Å². The molecule has 19 nitrogen and oxygen atoms in total. The molecule has 1 saturated heterocycles. The van der Waals surface area contributed by atoms with Gasteiger partial charge in [0, 0.05) is 24.3 Å². The highest BCUT2D eigenvalue weighted by Crippen LogP contribution is 2.66. The van der Waals surface area contributed by atoms with Crippen LogP contribution in [0, 0.1) is 15.5 Å². The van der Waals surface area contributed by atoms with Crippen LogP contribution in [0.3, 0.4) is 0 Å². The van der Waals surface area contributed by atoms with Crippen LogP contribution >= 0.6 is 23.5 Å². The molecule has 1 aromatic rings. The van der Waals surface area contributed by atoms with Gasteiger partial charge in [-0.25, -0.2) is 18.7 Å². The number of rotatable bonds is 13. The summed E-state index contributed by atoms with van der Waals surface area (Å²) in [7, 11) is -16.7. The first-order chi connectivity index (χ1) is 20.1. The first-order valence-electron chi connectivity index (χ1n) is 12.6. The van der Waals surface area contributed by atoms with Gasteiger partial charge >= 0.3 is 23.5 Å². The Morgan fingerprint density at radius 3 is 2.41 bits per heavy atom. The van der Waals surface area contributed by atoms with Gasteiger partial charge in [-0.1, -0.05) is 39.5 Å². The number of nitro groups is 1. The molecule has 2 aliphatic heterocycles. The van der Waals surface area contributed by atoms with Gasteiger partial charge in [0.05, 0.1) is 35.9 Å². The molecule has 0 aromatic heterocycles. The lowest BCUT2D eigenvalue weighted by Gasteiger charge is -2.33. The van der Waals surface area contributed by atoms with E-state index in [1.54, 1.807) is 18.2 Å². The molecule has 2 heterocycles. The molecule has 1 aromatic carbocycles. The highest BCUT2D eigenvalue weighted by Gasteiger charge is 2.44. The van der Waals surface area contributed by atoms with Crippen LogP contribution in [-0.2, 0) is 36.3 Å². The zero-order valence-electron chi connectivity index (χ0n) is 23.6. The van der Waals surface area contributed by atoms with Gasteiger partial charge in [-0.2, -0.15) is 8.62 Å². The van der Waals surface area contributed by atoms with Crippen molar-refractivity contribution in [2.75, 3.05) is 13.2 Å². The van der Waals surface area contributed by atoms with Crippen molar-refractivity contribution in [3.8, 4) is 0 Å². The topological polar surface area (TPSA) is 283 Å². The highest BCUT2D eigenvalue weighted by atomic mass is 31.3. The number of para-hydroxylation sites is 1. The first kappa shape index (κ1) is 36.1. The molecule has 6 atom stereocenters. The summed E-state index contributed by atoms with van der Waals surface area (Å²) >= 11 is 0. The lowest BCUT2D eigenvalue weighted by Crippen LogP contribution is -2.36. The van der Waals surface area contributed by atoms with E-state index in [2.05, 4.69) is 24.7 Å². The molecule has 3 rings (SSSR count). The molecule has 22 heteroatoms. The summed E-state index contributed by atoms with van der Waals surface area (Å²) < 4.78 is 58.1. The minimum Gasteiger partial charge on any atom is -0.390 e. The van der Waals surface area contributed by atoms with Gasteiger partial charge < -0.3 is 44.8 Å². The number of aliphatic imine (C=N–C) groups is 1. The summed E-state index contributed by atoms with van der Waals surface area (Å²) in [6.45, 7) is 8.36. The monoisotopic (exact) mass is 686 g/mol. The van der Waals surface area contributed by atoms with Crippen molar-refractivity contribution >= 4 is 35.0 Å². The lowest BCUT2D eigenvalue weighted by atomic mass is 9.84. The van der Waals surface area contributed by atoms with Crippen LogP contribution in [-0.4, -0.2) is 72.0 Å². The van der Waals surface area contributed by atoms with Crippen molar-refractivity contribution in [3.63, 3.8) is 0 Å². The van der Waals surface area contributed by atoms with Crippen molar-refractivity contribution in [2.24, 2.45) is 16.1 Å². The fourth-order valence-corrected chi connectivity index (χ4v) is 7.33. The van der Waals surface area contributed by atoms with Crippen molar-refractivity contribution in [2.45, 2.75) is 51.7 Å². The van der Waals surface area contributed by atoms with E-state index < -0.39 is 65.0 Å². The van der Waals surface area contributed by atoms with Gasteiger partial charge in [-0.3, -0.25) is 14.6 Å². The molecule has 0 aliphatic carbocycles. The lowest BCUT2D eigenvalue weighted by molar-refractivity contribution is -0.386. The number of aliphatic hydroxyl groups excluding tert-OH is 1. The van der Waals surface area contributed by atoms with Crippen LogP contribution in [0.5, 0.6) is 0 Å². The molecule has 3 unspecified atom stereocenters. The molecule has 0 radical (unpaired) electrons. The Balaban J connectivity index is 1.71. The zero-order chi connectivity index (χ0) is 33.3. The van der Waals surface area contributed by atoms with Crippen LogP contribution in [0.15, 0.2) is 53.4 Å². The van der Waals surface area contributed by atoms with Crippen LogP contribution in [0.2, 0.25) is 0 Å². The molecule has 0 spiro atoms. The van der Waals surface area contributed by atoms with Gasteiger partial charge in [-0.15, -0.1) is 0 Å². The minimum absolute atomic E-state index is 0.0456. The fourth-order valence-electron chi connectivity index (χ4n) is 4.30. The second-order valence-electron chi connectivity index (χ2n) is 10.7. The number of nitrogens with zero attached hydrogens (tertiary/aromatic N) is 3. The van der Waals surface area contributed by atoms with Gasteiger partial charge in [0.25, 0.3) is 5.69 Å². The Bertz CT molecular complexity index is 1470. The third kappa shape index (κ3) is 9.83. The smallest absolute Gasteiger partial charge is 0.390 e. The van der Waals surface area contributed by atoms with E-state index in [9.17, 15) is 38.7 Å². The Morgan fingerprint density at radius 2 is 1.82 bits per heavy atom. The molecule has 44 heavy (non-hydrogen) atoms. The summed E-state index contributed by atoms with van der Waals surface area (Å²) in [6.07, 6.45) is -2.91. The van der Waals surface area contributed by atoms with Crippen LogP contribution < -0.4 is 5.73 Å². The molecular formula is C22H33N4O15P3. The highest BCUT2D eigenvalue weighted by molar-refractivity contribution is 7.66. The Morgan fingerprint density at radius 1 is 1.18 bits per heavy atom. The standard InChI is InChI=1S/C22H33N4O15P3/c1-13-24-21(23)14(11-37-20(22(2,3)4)15-7-5-6-8-16(15)26(28)29)10-25(13)19-9-17(27)18(39-19)12-38-43(33,34)41-44(35,36)40-42(30,31)32/h5-8,10,17-20,27H,1,9,11-12H2,2-4H3,(H2,23,24)(H,33,34)(H,35,36)(H2,30,31,32)/t17-,18-,19-,20?/m1/s1. The second-order valence-corrected chi connectivity index (χ2v) is 15.1. The minimum atomic E-state index is -5.72. The number of amidine groups is 1. The SMILES string of the molecule is C=C1N=C(N)C(COC(c2ccccc2[N+](=O)[O-])C(C)(C)C)=CN1[C@H]1C[C@@H](O)[C@@H](COP(=O)(O)OP(=O)(O)OP(=O)(O)O)O1. The largest absolute Gasteiger partial charge is 0.490 e. The number of phosphoric ester groups is 1. The maximum Gasteiger partial charge on any atom is 0.490 e. The molecule has 0 saturated carbocycles. The van der Waals surface area contributed by atoms with Gasteiger partial charge in [0.1, 0.15) is 24.0 Å².